The first kappa shape index (κ1) is 16.7. The number of nitrogens with two attached hydrogens (primary N) is 1. The predicted molar refractivity (Wildman–Crippen MR) is 93.4 cm³/mol. The molecule has 0 aliphatic carbocycles. The van der Waals surface area contributed by atoms with Crippen LogP contribution in [0.3, 0.4) is 0 Å². The van der Waals surface area contributed by atoms with Crippen molar-refractivity contribution in [3.63, 3.8) is 0 Å². The van der Waals surface area contributed by atoms with Crippen LogP contribution in [0.1, 0.15) is 21.5 Å². The van der Waals surface area contributed by atoms with Crippen LogP contribution in [0.25, 0.3) is 11.3 Å². The van der Waals surface area contributed by atoms with E-state index in [9.17, 15) is 20.1 Å². The molecule has 8 heteroatoms. The van der Waals surface area contributed by atoms with Crippen molar-refractivity contribution in [1.29, 1.82) is 0 Å². The number of carbonyl (C=O) groups excluding carboxylic acids is 1. The molecule has 1 unspecified atom stereocenters. The Morgan fingerprint density at radius 1 is 1.12 bits per heavy atom. The monoisotopic (exact) mass is 357 g/mol. The van der Waals surface area contributed by atoms with E-state index in [-0.39, 0.29) is 5.56 Å². The number of phenolic OH excluding ortho intramolecular Hbond substituents is 3. The molecule has 1 atom stereocenters. The van der Waals surface area contributed by atoms with Crippen LogP contribution in [0, 0.1) is 0 Å². The van der Waals surface area contributed by atoms with Gasteiger partial charge in [-0.05, 0) is 12.1 Å². The standard InChI is InChI=1S/C17H15N3O4S/c18-15(17-19-11(8-25-17)9-4-2-1-3-5-9)20-16(24)10-6-12(21)14(23)13(22)7-10/h1-8,15,21-23H,18H2,(H,20,24). The number of benzene rings is 2. The van der Waals surface area contributed by atoms with Gasteiger partial charge in [0.2, 0.25) is 0 Å². The minimum atomic E-state index is -0.854. The molecular formula is C17H15N3O4S. The third-order valence-corrected chi connectivity index (χ3v) is 4.40. The van der Waals surface area contributed by atoms with Crippen LogP contribution in [0.4, 0.5) is 0 Å². The van der Waals surface area contributed by atoms with Crippen molar-refractivity contribution < 1.29 is 20.1 Å². The molecule has 3 aromatic rings. The van der Waals surface area contributed by atoms with E-state index >= 15 is 0 Å². The second kappa shape index (κ2) is 6.80. The number of carbonyl (C=O) groups is 1. The normalized spacial score (nSPS) is 11.9. The third kappa shape index (κ3) is 3.54. The minimum absolute atomic E-state index is 0.0388. The average molecular weight is 357 g/mol. The second-order valence-corrected chi connectivity index (χ2v) is 6.14. The fourth-order valence-electron chi connectivity index (χ4n) is 2.19. The first-order valence-corrected chi connectivity index (χ1v) is 8.16. The predicted octanol–water partition coefficient (Wildman–Crippen LogP) is 2.31. The summed E-state index contributed by atoms with van der Waals surface area (Å²) < 4.78 is 0. The van der Waals surface area contributed by atoms with E-state index in [1.54, 1.807) is 0 Å². The Balaban J connectivity index is 1.75. The van der Waals surface area contributed by atoms with E-state index in [1.165, 1.54) is 11.3 Å². The molecule has 0 fully saturated rings. The lowest BCUT2D eigenvalue weighted by molar-refractivity contribution is 0.0937. The van der Waals surface area contributed by atoms with Gasteiger partial charge in [0.05, 0.1) is 5.69 Å². The number of phenols is 3. The molecule has 0 aliphatic heterocycles. The third-order valence-electron chi connectivity index (χ3n) is 3.48. The highest BCUT2D eigenvalue weighted by molar-refractivity contribution is 7.10. The Hall–Kier alpha value is -3.10. The Bertz CT molecular complexity index is 888. The van der Waals surface area contributed by atoms with E-state index in [0.717, 1.165) is 23.4 Å². The van der Waals surface area contributed by atoms with Gasteiger partial charge in [0.1, 0.15) is 11.2 Å². The van der Waals surface area contributed by atoms with Crippen LogP contribution in [0.5, 0.6) is 17.2 Å². The van der Waals surface area contributed by atoms with Crippen molar-refractivity contribution in [2.24, 2.45) is 5.73 Å². The average Bonchev–Trinajstić information content (AvgIpc) is 3.10. The molecule has 0 saturated carbocycles. The summed E-state index contributed by atoms with van der Waals surface area (Å²) in [6.45, 7) is 0. The quantitative estimate of drug-likeness (QED) is 0.360. The Morgan fingerprint density at radius 3 is 2.40 bits per heavy atom. The maximum absolute atomic E-state index is 12.2. The number of amides is 1. The molecule has 128 valence electrons. The number of aromatic hydroxyl groups is 3. The Kier molecular flexibility index (Phi) is 4.55. The van der Waals surface area contributed by atoms with Crippen molar-refractivity contribution in [1.82, 2.24) is 10.3 Å². The summed E-state index contributed by atoms with van der Waals surface area (Å²) in [6.07, 6.45) is -0.854. The molecule has 2 aromatic carbocycles. The topological polar surface area (TPSA) is 129 Å². The summed E-state index contributed by atoms with van der Waals surface area (Å²) >= 11 is 1.31. The fraction of sp³-hybridized carbons (Fsp3) is 0.0588. The molecule has 6 N–H and O–H groups in total. The van der Waals surface area contributed by atoms with Crippen molar-refractivity contribution >= 4 is 17.2 Å². The molecule has 25 heavy (non-hydrogen) atoms. The zero-order valence-electron chi connectivity index (χ0n) is 12.9. The van der Waals surface area contributed by atoms with E-state index < -0.39 is 29.3 Å². The van der Waals surface area contributed by atoms with Gasteiger partial charge in [-0.1, -0.05) is 30.3 Å². The Labute approximate surface area is 147 Å². The summed E-state index contributed by atoms with van der Waals surface area (Å²) in [7, 11) is 0. The van der Waals surface area contributed by atoms with Crippen molar-refractivity contribution in [2.75, 3.05) is 0 Å². The summed E-state index contributed by atoms with van der Waals surface area (Å²) in [4.78, 5) is 16.6. The molecule has 0 saturated heterocycles. The molecule has 7 nitrogen and oxygen atoms in total. The highest BCUT2D eigenvalue weighted by Crippen LogP contribution is 2.35. The van der Waals surface area contributed by atoms with E-state index in [4.69, 9.17) is 5.73 Å². The van der Waals surface area contributed by atoms with Crippen molar-refractivity contribution in [2.45, 2.75) is 6.17 Å². The number of thiazole rings is 1. The molecule has 1 amide bonds. The molecular weight excluding hydrogens is 342 g/mol. The molecule has 1 heterocycles. The van der Waals surface area contributed by atoms with Crippen LogP contribution in [-0.2, 0) is 0 Å². The molecule has 1 aromatic heterocycles. The lowest BCUT2D eigenvalue weighted by Gasteiger charge is -2.12. The van der Waals surface area contributed by atoms with E-state index in [1.807, 2.05) is 35.7 Å². The molecule has 3 rings (SSSR count). The number of aromatic nitrogens is 1. The lowest BCUT2D eigenvalue weighted by Crippen LogP contribution is -2.34. The fourth-order valence-corrected chi connectivity index (χ4v) is 2.97. The number of nitrogens with one attached hydrogen (secondary N) is 1. The second-order valence-electron chi connectivity index (χ2n) is 5.25. The minimum Gasteiger partial charge on any atom is -0.504 e. The van der Waals surface area contributed by atoms with Crippen LogP contribution in [-0.4, -0.2) is 26.2 Å². The number of hydrogen-bond donors (Lipinski definition) is 5. The number of nitrogens with zero attached hydrogens (tertiary/aromatic N) is 1. The van der Waals surface area contributed by atoms with Gasteiger partial charge >= 0.3 is 0 Å². The summed E-state index contributed by atoms with van der Waals surface area (Å²) in [5.74, 6) is -2.50. The SMILES string of the molecule is NC(NC(=O)c1cc(O)c(O)c(O)c1)c1nc(-c2ccccc2)cs1. The highest BCUT2D eigenvalue weighted by Gasteiger charge is 2.18. The number of rotatable bonds is 4. The number of hydrogen-bond acceptors (Lipinski definition) is 7. The van der Waals surface area contributed by atoms with Gasteiger partial charge in [-0.15, -0.1) is 11.3 Å². The lowest BCUT2D eigenvalue weighted by atomic mass is 10.1. The largest absolute Gasteiger partial charge is 0.504 e. The van der Waals surface area contributed by atoms with Gasteiger partial charge in [0.15, 0.2) is 17.2 Å². The molecule has 0 radical (unpaired) electrons. The van der Waals surface area contributed by atoms with Crippen LogP contribution in [0.15, 0.2) is 47.8 Å². The summed E-state index contributed by atoms with van der Waals surface area (Å²) in [6, 6.07) is 11.6. The van der Waals surface area contributed by atoms with Gasteiger partial charge < -0.3 is 26.4 Å². The molecule has 0 aliphatic rings. The molecule has 0 spiro atoms. The van der Waals surface area contributed by atoms with Crippen LogP contribution in [0.2, 0.25) is 0 Å². The van der Waals surface area contributed by atoms with E-state index in [2.05, 4.69) is 10.3 Å². The highest BCUT2D eigenvalue weighted by atomic mass is 32.1. The van der Waals surface area contributed by atoms with Gasteiger partial charge in [0, 0.05) is 16.5 Å². The maximum atomic E-state index is 12.2. The first-order chi connectivity index (χ1) is 12.0. The van der Waals surface area contributed by atoms with Gasteiger partial charge in [-0.25, -0.2) is 4.98 Å². The van der Waals surface area contributed by atoms with Crippen molar-refractivity contribution in [3.05, 3.63) is 58.4 Å². The zero-order chi connectivity index (χ0) is 18.0. The maximum Gasteiger partial charge on any atom is 0.253 e. The van der Waals surface area contributed by atoms with Crippen LogP contribution < -0.4 is 11.1 Å². The van der Waals surface area contributed by atoms with Gasteiger partial charge in [0.25, 0.3) is 5.91 Å². The smallest absolute Gasteiger partial charge is 0.253 e. The first-order valence-electron chi connectivity index (χ1n) is 7.28. The van der Waals surface area contributed by atoms with Crippen molar-refractivity contribution in [3.8, 4) is 28.5 Å². The van der Waals surface area contributed by atoms with Crippen LogP contribution >= 0.6 is 11.3 Å². The van der Waals surface area contributed by atoms with E-state index in [0.29, 0.717) is 5.01 Å². The van der Waals surface area contributed by atoms with Gasteiger partial charge in [-0.3, -0.25) is 4.79 Å². The summed E-state index contributed by atoms with van der Waals surface area (Å²) in [5.41, 5.74) is 7.63. The molecule has 0 bridgehead atoms. The Morgan fingerprint density at radius 2 is 1.76 bits per heavy atom. The summed E-state index contributed by atoms with van der Waals surface area (Å²) in [5, 5.41) is 33.2. The zero-order valence-corrected chi connectivity index (χ0v) is 13.7. The van der Waals surface area contributed by atoms with Gasteiger partial charge in [-0.2, -0.15) is 0 Å².